The van der Waals surface area contributed by atoms with Crippen molar-refractivity contribution < 1.29 is 10.0 Å². The standard InChI is InChI=1S/C6H5N3O3/c10-3-1-2-5-6(9(11)12)4-7-8-5/h4,10H,3H2,(H,7,8). The molecule has 0 aliphatic rings. The highest BCUT2D eigenvalue weighted by Crippen LogP contribution is 2.12. The van der Waals surface area contributed by atoms with E-state index in [9.17, 15) is 10.1 Å². The van der Waals surface area contributed by atoms with E-state index in [2.05, 4.69) is 22.0 Å². The topological polar surface area (TPSA) is 92.0 Å². The number of aliphatic hydroxyl groups excluding tert-OH is 1. The van der Waals surface area contributed by atoms with Crippen molar-refractivity contribution in [3.63, 3.8) is 0 Å². The van der Waals surface area contributed by atoms with Crippen molar-refractivity contribution in [3.05, 3.63) is 22.0 Å². The zero-order chi connectivity index (χ0) is 8.97. The Hall–Kier alpha value is -1.87. The van der Waals surface area contributed by atoms with E-state index in [-0.39, 0.29) is 18.0 Å². The maximum Gasteiger partial charge on any atom is 0.322 e. The number of aromatic amines is 1. The van der Waals surface area contributed by atoms with Gasteiger partial charge >= 0.3 is 5.69 Å². The number of rotatable bonds is 1. The van der Waals surface area contributed by atoms with Gasteiger partial charge in [0.25, 0.3) is 0 Å². The monoisotopic (exact) mass is 167 g/mol. The second-order valence-electron chi connectivity index (χ2n) is 1.85. The summed E-state index contributed by atoms with van der Waals surface area (Å²) in [5.41, 5.74) is -0.0787. The molecule has 0 aliphatic heterocycles. The van der Waals surface area contributed by atoms with E-state index in [1.807, 2.05) is 0 Å². The largest absolute Gasteiger partial charge is 0.384 e. The average Bonchev–Trinajstić information content (AvgIpc) is 2.48. The molecule has 0 radical (unpaired) electrons. The summed E-state index contributed by atoms with van der Waals surface area (Å²) in [6, 6.07) is 0. The van der Waals surface area contributed by atoms with E-state index in [1.165, 1.54) is 0 Å². The van der Waals surface area contributed by atoms with Gasteiger partial charge in [0.2, 0.25) is 0 Å². The summed E-state index contributed by atoms with van der Waals surface area (Å²) in [6.45, 7) is -0.337. The Balaban J connectivity index is 2.99. The number of nitrogens with one attached hydrogen (secondary N) is 1. The molecule has 0 aliphatic carbocycles. The van der Waals surface area contributed by atoms with Crippen molar-refractivity contribution in [1.29, 1.82) is 0 Å². The molecule has 62 valence electrons. The van der Waals surface area contributed by atoms with E-state index in [0.717, 1.165) is 6.20 Å². The summed E-state index contributed by atoms with van der Waals surface area (Å²) >= 11 is 0. The first-order chi connectivity index (χ1) is 5.75. The number of aromatic nitrogens is 2. The minimum atomic E-state index is -0.592. The lowest BCUT2D eigenvalue weighted by Gasteiger charge is -1.83. The van der Waals surface area contributed by atoms with E-state index >= 15 is 0 Å². The zero-order valence-electron chi connectivity index (χ0n) is 5.94. The fourth-order valence-corrected chi connectivity index (χ4v) is 0.638. The Kier molecular flexibility index (Phi) is 2.40. The molecule has 0 amide bonds. The Morgan fingerprint density at radius 3 is 3.17 bits per heavy atom. The second kappa shape index (κ2) is 3.50. The Morgan fingerprint density at radius 2 is 2.58 bits per heavy atom. The first-order valence-corrected chi connectivity index (χ1v) is 3.03. The molecule has 6 nitrogen and oxygen atoms in total. The summed E-state index contributed by atoms with van der Waals surface area (Å²) in [7, 11) is 0. The van der Waals surface area contributed by atoms with Gasteiger partial charge in [-0.2, -0.15) is 5.10 Å². The van der Waals surface area contributed by atoms with Crippen molar-refractivity contribution in [3.8, 4) is 11.8 Å². The predicted molar refractivity (Wildman–Crippen MR) is 39.2 cm³/mol. The third-order valence-corrected chi connectivity index (χ3v) is 1.11. The molecule has 1 aromatic heterocycles. The predicted octanol–water partition coefficient (Wildman–Crippen LogP) is -0.338. The number of aliphatic hydroxyl groups is 1. The Labute approximate surface area is 67.4 Å². The van der Waals surface area contributed by atoms with E-state index in [0.29, 0.717) is 0 Å². The summed E-state index contributed by atoms with van der Waals surface area (Å²) in [5, 5.41) is 24.4. The summed E-state index contributed by atoms with van der Waals surface area (Å²) in [5.74, 6) is 4.64. The molecule has 2 N–H and O–H groups in total. The van der Waals surface area contributed by atoms with Gasteiger partial charge in [0.1, 0.15) is 12.8 Å². The van der Waals surface area contributed by atoms with Crippen LogP contribution in [0.4, 0.5) is 5.69 Å². The normalized spacial score (nSPS) is 8.75. The van der Waals surface area contributed by atoms with Crippen LogP contribution < -0.4 is 0 Å². The van der Waals surface area contributed by atoms with Crippen LogP contribution in [0.1, 0.15) is 5.69 Å². The van der Waals surface area contributed by atoms with Crippen LogP contribution in [0.5, 0.6) is 0 Å². The van der Waals surface area contributed by atoms with Crippen LogP contribution in [0.25, 0.3) is 0 Å². The fourth-order valence-electron chi connectivity index (χ4n) is 0.638. The number of hydrogen-bond acceptors (Lipinski definition) is 4. The summed E-state index contributed by atoms with van der Waals surface area (Å²) < 4.78 is 0. The minimum Gasteiger partial charge on any atom is -0.384 e. The highest BCUT2D eigenvalue weighted by atomic mass is 16.6. The van der Waals surface area contributed by atoms with Crippen LogP contribution in [-0.2, 0) is 0 Å². The van der Waals surface area contributed by atoms with Gasteiger partial charge in [-0.1, -0.05) is 5.92 Å². The van der Waals surface area contributed by atoms with Gasteiger partial charge in [-0.15, -0.1) is 0 Å². The maximum absolute atomic E-state index is 10.3. The molecule has 0 saturated carbocycles. The molecule has 1 aromatic rings. The van der Waals surface area contributed by atoms with Gasteiger partial charge in [-0.25, -0.2) is 0 Å². The molecular formula is C6H5N3O3. The van der Waals surface area contributed by atoms with E-state index < -0.39 is 4.92 Å². The van der Waals surface area contributed by atoms with E-state index in [4.69, 9.17) is 5.11 Å². The van der Waals surface area contributed by atoms with Crippen molar-refractivity contribution in [2.75, 3.05) is 6.61 Å². The second-order valence-corrected chi connectivity index (χ2v) is 1.85. The molecule has 0 atom stereocenters. The highest BCUT2D eigenvalue weighted by Gasteiger charge is 2.13. The summed E-state index contributed by atoms with van der Waals surface area (Å²) in [6.07, 6.45) is 1.07. The highest BCUT2D eigenvalue weighted by molar-refractivity contribution is 5.44. The molecular weight excluding hydrogens is 162 g/mol. The van der Waals surface area contributed by atoms with Gasteiger partial charge in [-0.05, 0) is 5.92 Å². The van der Waals surface area contributed by atoms with Gasteiger partial charge in [0.05, 0.1) is 4.92 Å². The van der Waals surface area contributed by atoms with Crippen molar-refractivity contribution in [1.82, 2.24) is 10.2 Å². The van der Waals surface area contributed by atoms with E-state index in [1.54, 1.807) is 0 Å². The fraction of sp³-hybridized carbons (Fsp3) is 0.167. The third kappa shape index (κ3) is 1.59. The Bertz CT molecular complexity index is 346. The van der Waals surface area contributed by atoms with Crippen LogP contribution >= 0.6 is 0 Å². The first kappa shape index (κ1) is 8.23. The molecule has 6 heteroatoms. The molecule has 12 heavy (non-hydrogen) atoms. The van der Waals surface area contributed by atoms with Gasteiger partial charge in [0, 0.05) is 0 Å². The minimum absolute atomic E-state index is 0.106. The number of nitrogens with zero attached hydrogens (tertiary/aromatic N) is 2. The molecule has 0 fully saturated rings. The third-order valence-electron chi connectivity index (χ3n) is 1.11. The lowest BCUT2D eigenvalue weighted by molar-refractivity contribution is -0.385. The lowest BCUT2D eigenvalue weighted by Crippen LogP contribution is -1.88. The molecule has 0 spiro atoms. The molecule has 0 saturated heterocycles. The van der Waals surface area contributed by atoms with Crippen LogP contribution in [0.15, 0.2) is 6.20 Å². The Morgan fingerprint density at radius 1 is 1.83 bits per heavy atom. The van der Waals surface area contributed by atoms with Crippen molar-refractivity contribution in [2.24, 2.45) is 0 Å². The van der Waals surface area contributed by atoms with Crippen LogP contribution in [0.2, 0.25) is 0 Å². The van der Waals surface area contributed by atoms with Crippen LogP contribution in [0, 0.1) is 22.0 Å². The van der Waals surface area contributed by atoms with Crippen molar-refractivity contribution in [2.45, 2.75) is 0 Å². The van der Waals surface area contributed by atoms with Gasteiger partial charge in [-0.3, -0.25) is 15.2 Å². The zero-order valence-corrected chi connectivity index (χ0v) is 5.94. The van der Waals surface area contributed by atoms with Crippen LogP contribution in [-0.4, -0.2) is 26.8 Å². The molecule has 1 rings (SSSR count). The summed E-state index contributed by atoms with van der Waals surface area (Å²) in [4.78, 5) is 9.67. The number of H-pyrrole nitrogens is 1. The molecule has 0 aromatic carbocycles. The average molecular weight is 167 g/mol. The number of nitro groups is 1. The van der Waals surface area contributed by atoms with Gasteiger partial charge < -0.3 is 5.11 Å². The van der Waals surface area contributed by atoms with Crippen LogP contribution in [0.3, 0.4) is 0 Å². The molecule has 0 unspecified atom stereocenters. The first-order valence-electron chi connectivity index (χ1n) is 3.03. The SMILES string of the molecule is O=[N+]([O-])c1cn[nH]c1C#CCO. The quantitative estimate of drug-likeness (QED) is 0.340. The molecule has 1 heterocycles. The lowest BCUT2D eigenvalue weighted by atomic mass is 10.4. The maximum atomic E-state index is 10.3. The molecule has 0 bridgehead atoms. The number of hydrogen-bond donors (Lipinski definition) is 2. The smallest absolute Gasteiger partial charge is 0.322 e. The van der Waals surface area contributed by atoms with Gasteiger partial charge in [0.15, 0.2) is 5.69 Å². The van der Waals surface area contributed by atoms with Crippen molar-refractivity contribution >= 4 is 5.69 Å².